The van der Waals surface area contributed by atoms with Crippen molar-refractivity contribution in [2.45, 2.75) is 38.6 Å². The quantitative estimate of drug-likeness (QED) is 0.793. The van der Waals surface area contributed by atoms with Crippen molar-refractivity contribution >= 4 is 5.91 Å². The van der Waals surface area contributed by atoms with Gasteiger partial charge in [-0.1, -0.05) is 12.8 Å². The van der Waals surface area contributed by atoms with E-state index < -0.39 is 0 Å². The average molecular weight is 292 g/mol. The van der Waals surface area contributed by atoms with Gasteiger partial charge >= 0.3 is 0 Å². The van der Waals surface area contributed by atoms with Crippen LogP contribution < -0.4 is 5.73 Å². The zero-order valence-corrected chi connectivity index (χ0v) is 12.5. The summed E-state index contributed by atoms with van der Waals surface area (Å²) in [7, 11) is 0. The molecule has 1 amide bonds. The Bertz CT molecular complexity index is 484. The third-order valence-electron chi connectivity index (χ3n) is 4.32. The Hall–Kier alpha value is -1.75. The highest BCUT2D eigenvalue weighted by Crippen LogP contribution is 2.30. The number of carbonyl (C=O) groups excluding carboxylic acids is 1. The van der Waals surface area contributed by atoms with Crippen LogP contribution in [0.4, 0.5) is 0 Å². The van der Waals surface area contributed by atoms with Crippen LogP contribution >= 0.6 is 0 Å². The van der Waals surface area contributed by atoms with E-state index in [9.17, 15) is 15.0 Å². The smallest absolute Gasteiger partial charge is 0.254 e. The Morgan fingerprint density at radius 1 is 1.24 bits per heavy atom. The summed E-state index contributed by atoms with van der Waals surface area (Å²) in [4.78, 5) is 14.5. The maximum atomic E-state index is 12.7. The number of phenols is 2. The molecular formula is C16H24N2O3. The number of carbonyl (C=O) groups is 1. The van der Waals surface area contributed by atoms with Crippen molar-refractivity contribution in [2.24, 2.45) is 11.7 Å². The van der Waals surface area contributed by atoms with E-state index in [0.29, 0.717) is 24.6 Å². The van der Waals surface area contributed by atoms with Crippen molar-refractivity contribution < 1.29 is 15.0 Å². The summed E-state index contributed by atoms with van der Waals surface area (Å²) in [5.41, 5.74) is 6.17. The summed E-state index contributed by atoms with van der Waals surface area (Å²) < 4.78 is 0. The molecule has 0 saturated heterocycles. The van der Waals surface area contributed by atoms with Gasteiger partial charge in [-0.25, -0.2) is 0 Å². The van der Waals surface area contributed by atoms with Gasteiger partial charge < -0.3 is 20.8 Å². The first-order chi connectivity index (χ1) is 10.1. The second kappa shape index (κ2) is 6.80. The topological polar surface area (TPSA) is 86.8 Å². The molecule has 2 rings (SSSR count). The summed E-state index contributed by atoms with van der Waals surface area (Å²) in [6.07, 6.45) is 4.29. The fraction of sp³-hybridized carbons (Fsp3) is 0.562. The first-order valence-electron chi connectivity index (χ1n) is 7.60. The summed E-state index contributed by atoms with van der Waals surface area (Å²) in [5, 5.41) is 19.1. The normalized spacial score (nSPS) is 22.0. The van der Waals surface area contributed by atoms with Gasteiger partial charge in [0, 0.05) is 24.2 Å². The van der Waals surface area contributed by atoms with Crippen LogP contribution in [-0.4, -0.2) is 40.2 Å². The molecule has 0 spiro atoms. The van der Waals surface area contributed by atoms with Gasteiger partial charge in [0.25, 0.3) is 5.91 Å². The average Bonchev–Trinajstić information content (AvgIpc) is 2.47. The number of phenolic OH excluding ortho intramolecular Hbond substituents is 2. The second-order valence-electron chi connectivity index (χ2n) is 5.68. The second-order valence-corrected chi connectivity index (χ2v) is 5.68. The number of benzene rings is 1. The summed E-state index contributed by atoms with van der Waals surface area (Å²) in [5.74, 6) is -0.0375. The molecule has 1 aromatic carbocycles. The minimum atomic E-state index is -0.158. The minimum Gasteiger partial charge on any atom is -0.508 e. The van der Waals surface area contributed by atoms with E-state index in [1.807, 2.05) is 11.8 Å². The molecule has 5 heteroatoms. The summed E-state index contributed by atoms with van der Waals surface area (Å²) >= 11 is 0. The summed E-state index contributed by atoms with van der Waals surface area (Å²) in [6.45, 7) is 3.12. The zero-order valence-electron chi connectivity index (χ0n) is 12.5. The lowest BCUT2D eigenvalue weighted by molar-refractivity contribution is 0.0559. The van der Waals surface area contributed by atoms with Crippen molar-refractivity contribution in [3.8, 4) is 11.5 Å². The largest absolute Gasteiger partial charge is 0.508 e. The molecule has 2 atom stereocenters. The molecule has 1 saturated carbocycles. The predicted octanol–water partition coefficient (Wildman–Crippen LogP) is 2.08. The van der Waals surface area contributed by atoms with E-state index in [1.165, 1.54) is 18.2 Å². The van der Waals surface area contributed by atoms with Gasteiger partial charge in [0.1, 0.15) is 11.5 Å². The van der Waals surface area contributed by atoms with Crippen molar-refractivity contribution in [3.63, 3.8) is 0 Å². The number of rotatable bonds is 4. The Kier molecular flexibility index (Phi) is 5.07. The molecule has 1 aliphatic rings. The van der Waals surface area contributed by atoms with Gasteiger partial charge in [0.05, 0.1) is 0 Å². The number of nitrogens with zero attached hydrogens (tertiary/aromatic N) is 1. The minimum absolute atomic E-state index is 0.103. The van der Waals surface area contributed by atoms with Crippen LogP contribution in [0.25, 0.3) is 0 Å². The zero-order chi connectivity index (χ0) is 15.4. The fourth-order valence-corrected chi connectivity index (χ4v) is 3.29. The van der Waals surface area contributed by atoms with Crippen LogP contribution in [0.2, 0.25) is 0 Å². The van der Waals surface area contributed by atoms with Gasteiger partial charge in [-0.05, 0) is 44.4 Å². The van der Waals surface area contributed by atoms with Crippen molar-refractivity contribution in [2.75, 3.05) is 13.1 Å². The van der Waals surface area contributed by atoms with E-state index in [4.69, 9.17) is 5.73 Å². The van der Waals surface area contributed by atoms with E-state index in [2.05, 4.69) is 0 Å². The fourth-order valence-electron chi connectivity index (χ4n) is 3.29. The first kappa shape index (κ1) is 15.6. The lowest BCUT2D eigenvalue weighted by atomic mass is 9.83. The molecule has 0 radical (unpaired) electrons. The molecule has 1 fully saturated rings. The summed E-state index contributed by atoms with van der Waals surface area (Å²) in [6, 6.07) is 4.15. The van der Waals surface area contributed by atoms with Gasteiger partial charge in [0.2, 0.25) is 0 Å². The third-order valence-corrected chi connectivity index (χ3v) is 4.32. The lowest BCUT2D eigenvalue weighted by Crippen LogP contribution is -2.48. The van der Waals surface area contributed by atoms with Crippen LogP contribution in [0.5, 0.6) is 11.5 Å². The molecule has 2 unspecified atom stereocenters. The molecule has 0 aliphatic heterocycles. The van der Waals surface area contributed by atoms with E-state index >= 15 is 0 Å². The highest BCUT2D eigenvalue weighted by molar-refractivity contribution is 5.95. The maximum Gasteiger partial charge on any atom is 0.254 e. The standard InChI is InChI=1S/C16H24N2O3/c1-2-18(15-6-4-3-5-11(15)10-17)16(21)12-7-13(19)9-14(20)8-12/h7-9,11,15,19-20H,2-6,10,17H2,1H3. The molecule has 0 heterocycles. The monoisotopic (exact) mass is 292 g/mol. The number of aromatic hydroxyl groups is 2. The van der Waals surface area contributed by atoms with Gasteiger partial charge in [-0.3, -0.25) is 4.79 Å². The number of nitrogens with two attached hydrogens (primary N) is 1. The van der Waals surface area contributed by atoms with Crippen molar-refractivity contribution in [1.29, 1.82) is 0 Å². The molecule has 116 valence electrons. The van der Waals surface area contributed by atoms with Crippen LogP contribution in [0.1, 0.15) is 43.0 Å². The number of hydrogen-bond donors (Lipinski definition) is 3. The maximum absolute atomic E-state index is 12.7. The Morgan fingerprint density at radius 3 is 2.43 bits per heavy atom. The van der Waals surface area contributed by atoms with Crippen molar-refractivity contribution in [1.82, 2.24) is 4.90 Å². The van der Waals surface area contributed by atoms with Crippen molar-refractivity contribution in [3.05, 3.63) is 23.8 Å². The van der Waals surface area contributed by atoms with Gasteiger partial charge in [0.15, 0.2) is 0 Å². The van der Waals surface area contributed by atoms with E-state index in [-0.39, 0.29) is 23.4 Å². The molecule has 0 aromatic heterocycles. The highest BCUT2D eigenvalue weighted by Gasteiger charge is 2.31. The molecule has 1 aromatic rings. The SMILES string of the molecule is CCN(C(=O)c1cc(O)cc(O)c1)C1CCCCC1CN. The molecule has 0 bridgehead atoms. The lowest BCUT2D eigenvalue weighted by Gasteiger charge is -2.39. The molecule has 21 heavy (non-hydrogen) atoms. The predicted molar refractivity (Wildman–Crippen MR) is 81.3 cm³/mol. The molecule has 5 nitrogen and oxygen atoms in total. The van der Waals surface area contributed by atoms with Crippen LogP contribution in [0.3, 0.4) is 0 Å². The van der Waals surface area contributed by atoms with Gasteiger partial charge in [-0.15, -0.1) is 0 Å². The Labute approximate surface area is 125 Å². The first-order valence-corrected chi connectivity index (χ1v) is 7.60. The molecule has 1 aliphatic carbocycles. The van der Waals surface area contributed by atoms with Crippen LogP contribution in [0, 0.1) is 5.92 Å². The van der Waals surface area contributed by atoms with Crippen LogP contribution in [-0.2, 0) is 0 Å². The molecule has 4 N–H and O–H groups in total. The van der Waals surface area contributed by atoms with Gasteiger partial charge in [-0.2, -0.15) is 0 Å². The highest BCUT2D eigenvalue weighted by atomic mass is 16.3. The van der Waals surface area contributed by atoms with Crippen LogP contribution in [0.15, 0.2) is 18.2 Å². The Morgan fingerprint density at radius 2 is 1.86 bits per heavy atom. The third kappa shape index (κ3) is 3.47. The van der Waals surface area contributed by atoms with E-state index in [1.54, 1.807) is 0 Å². The number of hydrogen-bond acceptors (Lipinski definition) is 4. The Balaban J connectivity index is 2.25. The van der Waals surface area contributed by atoms with E-state index in [0.717, 1.165) is 25.7 Å². The molecular weight excluding hydrogens is 268 g/mol. The number of amides is 1.